The molecule has 3 heterocycles. The second-order valence-corrected chi connectivity index (χ2v) is 10.4. The average Bonchev–Trinajstić information content (AvgIpc) is 3.63. The van der Waals surface area contributed by atoms with Crippen LogP contribution in [0.3, 0.4) is 0 Å². The van der Waals surface area contributed by atoms with Gasteiger partial charge in [-0.3, -0.25) is 19.3 Å². The maximum Gasteiger partial charge on any atom is 0.224 e. The number of pyridine rings is 1. The lowest BCUT2D eigenvalue weighted by atomic mass is 9.84. The molecule has 3 aliphatic rings. The van der Waals surface area contributed by atoms with Crippen molar-refractivity contribution in [2.75, 3.05) is 5.01 Å². The minimum absolute atomic E-state index is 0.0432. The third-order valence-corrected chi connectivity index (χ3v) is 8.92. The summed E-state index contributed by atoms with van der Waals surface area (Å²) >= 11 is 1.46. The Bertz CT molecular complexity index is 1450. The summed E-state index contributed by atoms with van der Waals surface area (Å²) in [5.41, 5.74) is 1.43. The van der Waals surface area contributed by atoms with Gasteiger partial charge in [0.1, 0.15) is 0 Å². The molecule has 1 N–H and O–H groups in total. The molecule has 1 fully saturated rings. The van der Waals surface area contributed by atoms with Crippen LogP contribution in [0.15, 0.2) is 52.3 Å². The number of benzene rings is 2. The molecule has 1 aromatic heterocycles. The highest BCUT2D eigenvalue weighted by Crippen LogP contribution is 2.57. The van der Waals surface area contributed by atoms with E-state index < -0.39 is 34.3 Å². The molecule has 8 heteroatoms. The molecule has 5 nitrogen and oxygen atoms in total. The first-order valence-corrected chi connectivity index (χ1v) is 12.2. The van der Waals surface area contributed by atoms with Crippen molar-refractivity contribution in [3.63, 3.8) is 0 Å². The molecule has 6 rings (SSSR count). The smallest absolute Gasteiger partial charge is 0.224 e. The van der Waals surface area contributed by atoms with E-state index in [9.17, 15) is 19.1 Å². The Hall–Kier alpha value is -3.13. The van der Waals surface area contributed by atoms with Gasteiger partial charge in [-0.15, -0.1) is 11.8 Å². The number of fused-ring (bicyclic) bond motifs is 3. The third-order valence-electron chi connectivity index (χ3n) is 7.64. The summed E-state index contributed by atoms with van der Waals surface area (Å²) in [7, 11) is 0. The van der Waals surface area contributed by atoms with Crippen LogP contribution in [0.1, 0.15) is 58.5 Å². The number of nitrogens with zero attached hydrogens (tertiary/aromatic N) is 2. The zero-order chi connectivity index (χ0) is 23.9. The van der Waals surface area contributed by atoms with Crippen molar-refractivity contribution in [3.05, 3.63) is 92.4 Å². The van der Waals surface area contributed by atoms with E-state index in [1.807, 2.05) is 37.1 Å². The summed E-state index contributed by atoms with van der Waals surface area (Å²) in [6.45, 7) is 3.94. The maximum atomic E-state index is 15.1. The standard InChI is InChI=1S/C26H22F2N2O3S/c1-13-4-3-5-16-21(15-6-7-18(27)20(28)17(15)12-34-24(13)16)30-14(2)26(9-10-26)25(33)22-23(32)19(31)8-11-29(22)30/h3-8,11,14,21,32H,9-10,12H2,1-2H3. The molecule has 3 aromatic rings. The Morgan fingerprint density at radius 1 is 1.09 bits per heavy atom. The Balaban J connectivity index is 1.69. The normalized spacial score (nSPS) is 22.1. The number of aryl methyl sites for hydroxylation is 1. The van der Waals surface area contributed by atoms with Crippen molar-refractivity contribution in [1.29, 1.82) is 0 Å². The zero-order valence-corrected chi connectivity index (χ0v) is 19.5. The number of ketones is 1. The van der Waals surface area contributed by atoms with Crippen molar-refractivity contribution < 1.29 is 18.7 Å². The van der Waals surface area contributed by atoms with Crippen LogP contribution in [-0.4, -0.2) is 21.6 Å². The van der Waals surface area contributed by atoms with Gasteiger partial charge in [0, 0.05) is 28.5 Å². The average molecular weight is 481 g/mol. The fraction of sp³-hybridized carbons (Fsp3) is 0.308. The molecule has 2 aromatic carbocycles. The molecule has 0 bridgehead atoms. The number of halogens is 2. The molecule has 2 atom stereocenters. The number of carbonyl (C=O) groups excluding carboxylic acids is 1. The van der Waals surface area contributed by atoms with Crippen molar-refractivity contribution in [1.82, 2.24) is 4.68 Å². The van der Waals surface area contributed by atoms with Gasteiger partial charge in [0.25, 0.3) is 0 Å². The molecule has 2 aliphatic heterocycles. The van der Waals surface area contributed by atoms with Crippen molar-refractivity contribution in [2.24, 2.45) is 5.41 Å². The van der Waals surface area contributed by atoms with Gasteiger partial charge in [0.2, 0.25) is 5.43 Å². The van der Waals surface area contributed by atoms with Gasteiger partial charge in [0.05, 0.1) is 17.5 Å². The van der Waals surface area contributed by atoms with Gasteiger partial charge in [0.15, 0.2) is 28.9 Å². The van der Waals surface area contributed by atoms with E-state index in [0.717, 1.165) is 22.1 Å². The highest BCUT2D eigenvalue weighted by molar-refractivity contribution is 7.98. The largest absolute Gasteiger partial charge is 0.503 e. The second-order valence-electron chi connectivity index (χ2n) is 9.38. The number of Topliss-reactive ketones (excluding diaryl/α,β-unsaturated/α-hetero) is 1. The summed E-state index contributed by atoms with van der Waals surface area (Å²) < 4.78 is 31.0. The van der Waals surface area contributed by atoms with Crippen molar-refractivity contribution >= 4 is 17.5 Å². The summed E-state index contributed by atoms with van der Waals surface area (Å²) in [6.07, 6.45) is 2.77. The van der Waals surface area contributed by atoms with Crippen LogP contribution in [0.25, 0.3) is 0 Å². The monoisotopic (exact) mass is 480 g/mol. The van der Waals surface area contributed by atoms with Crippen LogP contribution in [0.5, 0.6) is 5.75 Å². The van der Waals surface area contributed by atoms with Crippen LogP contribution in [0.4, 0.5) is 8.78 Å². The summed E-state index contributed by atoms with van der Waals surface area (Å²) in [5.74, 6) is -2.33. The van der Waals surface area contributed by atoms with Crippen LogP contribution >= 0.6 is 11.8 Å². The number of aromatic hydroxyl groups is 1. The van der Waals surface area contributed by atoms with Gasteiger partial charge < -0.3 is 5.11 Å². The van der Waals surface area contributed by atoms with Crippen molar-refractivity contribution in [2.45, 2.75) is 49.4 Å². The summed E-state index contributed by atoms with van der Waals surface area (Å²) in [6, 6.07) is 9.01. The Kier molecular flexibility index (Phi) is 4.52. The lowest BCUT2D eigenvalue weighted by Gasteiger charge is -2.47. The highest BCUT2D eigenvalue weighted by Gasteiger charge is 2.61. The first kappa shape index (κ1) is 21.4. The number of hydrogen-bond donors (Lipinski definition) is 1. The number of thioether (sulfide) groups is 1. The number of carbonyl (C=O) groups is 1. The minimum atomic E-state index is -0.900. The quantitative estimate of drug-likeness (QED) is 0.540. The number of hydrogen-bond acceptors (Lipinski definition) is 5. The Morgan fingerprint density at radius 2 is 1.85 bits per heavy atom. The minimum Gasteiger partial charge on any atom is -0.503 e. The van der Waals surface area contributed by atoms with E-state index in [1.54, 1.807) is 10.7 Å². The van der Waals surface area contributed by atoms with Gasteiger partial charge in [-0.1, -0.05) is 24.3 Å². The Labute approximate surface area is 199 Å². The van der Waals surface area contributed by atoms with Crippen LogP contribution < -0.4 is 10.4 Å². The molecule has 34 heavy (non-hydrogen) atoms. The molecule has 1 saturated carbocycles. The molecule has 0 saturated heterocycles. The molecule has 0 radical (unpaired) electrons. The van der Waals surface area contributed by atoms with Crippen LogP contribution in [-0.2, 0) is 5.75 Å². The third kappa shape index (κ3) is 2.72. The van der Waals surface area contributed by atoms with E-state index in [2.05, 4.69) is 0 Å². The number of rotatable bonds is 1. The van der Waals surface area contributed by atoms with E-state index in [4.69, 9.17) is 0 Å². The van der Waals surface area contributed by atoms with E-state index in [0.29, 0.717) is 18.4 Å². The number of aromatic nitrogens is 1. The van der Waals surface area contributed by atoms with Crippen molar-refractivity contribution in [3.8, 4) is 5.75 Å². The van der Waals surface area contributed by atoms with Gasteiger partial charge in [-0.25, -0.2) is 8.78 Å². The SMILES string of the molecule is Cc1cccc2c1SCc1c(ccc(F)c1F)C2N1C(C)C2(CC2)C(=O)c2c(O)c(=O)ccn21. The van der Waals surface area contributed by atoms with Gasteiger partial charge in [-0.05, 0) is 49.4 Å². The summed E-state index contributed by atoms with van der Waals surface area (Å²) in [5, 5.41) is 12.6. The molecule has 174 valence electrons. The molecular weight excluding hydrogens is 458 g/mol. The molecule has 1 aliphatic carbocycles. The van der Waals surface area contributed by atoms with Gasteiger partial charge in [-0.2, -0.15) is 0 Å². The lowest BCUT2D eigenvalue weighted by Crippen LogP contribution is -2.57. The zero-order valence-electron chi connectivity index (χ0n) is 18.6. The molecule has 2 unspecified atom stereocenters. The maximum absolute atomic E-state index is 15.1. The summed E-state index contributed by atoms with van der Waals surface area (Å²) in [4.78, 5) is 26.7. The van der Waals surface area contributed by atoms with E-state index in [1.165, 1.54) is 24.0 Å². The predicted octanol–water partition coefficient (Wildman–Crippen LogP) is 4.84. The molecular formula is C26H22F2N2O3S. The molecule has 0 amide bonds. The lowest BCUT2D eigenvalue weighted by molar-refractivity contribution is 0.0814. The second kappa shape index (κ2) is 7.18. The Morgan fingerprint density at radius 3 is 2.59 bits per heavy atom. The highest BCUT2D eigenvalue weighted by atomic mass is 32.2. The predicted molar refractivity (Wildman–Crippen MR) is 125 cm³/mol. The van der Waals surface area contributed by atoms with Crippen LogP contribution in [0.2, 0.25) is 0 Å². The van der Waals surface area contributed by atoms with E-state index >= 15 is 4.39 Å². The molecule has 1 spiro atoms. The van der Waals surface area contributed by atoms with E-state index in [-0.39, 0.29) is 28.8 Å². The fourth-order valence-electron chi connectivity index (χ4n) is 5.61. The fourth-order valence-corrected chi connectivity index (χ4v) is 6.83. The topological polar surface area (TPSA) is 62.5 Å². The van der Waals surface area contributed by atoms with Crippen LogP contribution in [0, 0.1) is 24.0 Å². The van der Waals surface area contributed by atoms with Gasteiger partial charge >= 0.3 is 0 Å². The first-order chi connectivity index (χ1) is 16.3. The first-order valence-electron chi connectivity index (χ1n) is 11.2.